The van der Waals surface area contributed by atoms with Crippen molar-refractivity contribution in [3.05, 3.63) is 64.6 Å². The highest BCUT2D eigenvalue weighted by molar-refractivity contribution is 9.10. The van der Waals surface area contributed by atoms with Crippen LogP contribution in [0.15, 0.2) is 64.2 Å². The van der Waals surface area contributed by atoms with Gasteiger partial charge in [0.25, 0.3) is 5.91 Å². The molecule has 0 saturated heterocycles. The van der Waals surface area contributed by atoms with Crippen LogP contribution in [0.25, 0.3) is 0 Å². The Kier molecular flexibility index (Phi) is 7.49. The predicted octanol–water partition coefficient (Wildman–Crippen LogP) is 4.54. The zero-order valence-electron chi connectivity index (χ0n) is 13.7. The third-order valence-corrected chi connectivity index (χ3v) is 3.90. The molecule has 0 bridgehead atoms. The van der Waals surface area contributed by atoms with Crippen LogP contribution in [-0.4, -0.2) is 18.2 Å². The summed E-state index contributed by atoms with van der Waals surface area (Å²) in [6.45, 7) is 2.06. The lowest BCUT2D eigenvalue weighted by atomic mass is 10.1. The van der Waals surface area contributed by atoms with Crippen LogP contribution in [0.2, 0.25) is 0 Å². The van der Waals surface area contributed by atoms with Gasteiger partial charge in [-0.05, 0) is 42.7 Å². The van der Waals surface area contributed by atoms with Crippen molar-refractivity contribution < 1.29 is 9.53 Å². The number of hydrogen-bond donors (Lipinski definition) is 1. The molecule has 0 spiro atoms. The summed E-state index contributed by atoms with van der Waals surface area (Å²) in [4.78, 5) is 11.9. The quantitative estimate of drug-likeness (QED) is 0.532. The number of unbranched alkanes of at least 4 members (excludes halogenated alkanes) is 1. The Hall–Kier alpha value is -2.14. The standard InChI is InChI=1S/C19H21BrN2O2/c1-2-3-9-18(15-7-5-4-6-8-15)21-22-19(23)14-24-17-12-10-16(20)11-13-17/h4-8,10-13H,2-3,9,14H2,1H3,(H,22,23)/b21-18+. The molecule has 0 aliphatic carbocycles. The summed E-state index contributed by atoms with van der Waals surface area (Å²) in [6.07, 6.45) is 2.93. The van der Waals surface area contributed by atoms with E-state index >= 15 is 0 Å². The minimum atomic E-state index is -0.275. The Bertz CT molecular complexity index is 670. The summed E-state index contributed by atoms with van der Waals surface area (Å²) in [5.74, 6) is 0.370. The van der Waals surface area contributed by atoms with Crippen LogP contribution < -0.4 is 10.2 Å². The van der Waals surface area contributed by atoms with E-state index in [1.165, 1.54) is 0 Å². The molecule has 24 heavy (non-hydrogen) atoms. The van der Waals surface area contributed by atoms with Crippen molar-refractivity contribution in [2.45, 2.75) is 26.2 Å². The van der Waals surface area contributed by atoms with Gasteiger partial charge in [-0.3, -0.25) is 4.79 Å². The number of carbonyl (C=O) groups is 1. The zero-order valence-corrected chi connectivity index (χ0v) is 15.3. The van der Waals surface area contributed by atoms with Crippen molar-refractivity contribution in [2.75, 3.05) is 6.61 Å². The van der Waals surface area contributed by atoms with E-state index in [2.05, 4.69) is 33.4 Å². The molecule has 0 aliphatic rings. The van der Waals surface area contributed by atoms with E-state index in [0.717, 1.165) is 35.0 Å². The summed E-state index contributed by atoms with van der Waals surface area (Å²) in [5.41, 5.74) is 4.50. The molecule has 0 fully saturated rings. The SMILES string of the molecule is CCCC/C(=N\NC(=O)COc1ccc(Br)cc1)c1ccccc1. The van der Waals surface area contributed by atoms with Crippen LogP contribution in [0.5, 0.6) is 5.75 Å². The second-order valence-electron chi connectivity index (χ2n) is 5.31. The van der Waals surface area contributed by atoms with E-state index in [4.69, 9.17) is 4.74 Å². The Balaban J connectivity index is 1.92. The van der Waals surface area contributed by atoms with Gasteiger partial charge in [-0.25, -0.2) is 5.43 Å². The monoisotopic (exact) mass is 388 g/mol. The molecule has 0 saturated carbocycles. The van der Waals surface area contributed by atoms with Crippen LogP contribution in [0.3, 0.4) is 0 Å². The molecule has 0 heterocycles. The zero-order chi connectivity index (χ0) is 17.2. The van der Waals surface area contributed by atoms with Crippen LogP contribution in [0, 0.1) is 0 Å². The number of halogens is 1. The largest absolute Gasteiger partial charge is 0.484 e. The van der Waals surface area contributed by atoms with E-state index in [0.29, 0.717) is 5.75 Å². The number of rotatable bonds is 8. The Morgan fingerprint density at radius 2 is 1.83 bits per heavy atom. The number of hydrogen-bond acceptors (Lipinski definition) is 3. The third kappa shape index (κ3) is 6.16. The topological polar surface area (TPSA) is 50.7 Å². The molecule has 1 N–H and O–H groups in total. The van der Waals surface area contributed by atoms with E-state index in [-0.39, 0.29) is 12.5 Å². The van der Waals surface area contributed by atoms with Gasteiger partial charge in [0.1, 0.15) is 5.75 Å². The first-order valence-corrected chi connectivity index (χ1v) is 8.77. The summed E-state index contributed by atoms with van der Waals surface area (Å²) in [7, 11) is 0. The van der Waals surface area contributed by atoms with E-state index < -0.39 is 0 Å². The highest BCUT2D eigenvalue weighted by atomic mass is 79.9. The van der Waals surface area contributed by atoms with Crippen LogP contribution in [0.1, 0.15) is 31.7 Å². The first-order chi connectivity index (χ1) is 11.7. The van der Waals surface area contributed by atoms with Crippen molar-refractivity contribution in [1.29, 1.82) is 0 Å². The molecule has 1 amide bonds. The van der Waals surface area contributed by atoms with Crippen molar-refractivity contribution in [3.63, 3.8) is 0 Å². The Morgan fingerprint density at radius 1 is 1.12 bits per heavy atom. The number of carbonyl (C=O) groups excluding carboxylic acids is 1. The smallest absolute Gasteiger partial charge is 0.277 e. The summed E-state index contributed by atoms with van der Waals surface area (Å²) >= 11 is 3.36. The fraction of sp³-hybridized carbons (Fsp3) is 0.263. The van der Waals surface area contributed by atoms with Gasteiger partial charge in [0.05, 0.1) is 5.71 Å². The minimum Gasteiger partial charge on any atom is -0.484 e. The van der Waals surface area contributed by atoms with Crippen LogP contribution in [0.4, 0.5) is 0 Å². The normalized spacial score (nSPS) is 11.2. The molecule has 4 nitrogen and oxygen atoms in total. The van der Waals surface area contributed by atoms with Gasteiger partial charge >= 0.3 is 0 Å². The fourth-order valence-electron chi connectivity index (χ4n) is 2.08. The molecular weight excluding hydrogens is 368 g/mol. The van der Waals surface area contributed by atoms with Gasteiger partial charge in [-0.15, -0.1) is 0 Å². The van der Waals surface area contributed by atoms with E-state index in [1.54, 1.807) is 12.1 Å². The molecule has 0 aliphatic heterocycles. The van der Waals surface area contributed by atoms with E-state index in [1.807, 2.05) is 42.5 Å². The maximum Gasteiger partial charge on any atom is 0.277 e. The second kappa shape index (κ2) is 9.88. The lowest BCUT2D eigenvalue weighted by Crippen LogP contribution is -2.26. The molecule has 2 rings (SSSR count). The predicted molar refractivity (Wildman–Crippen MR) is 100 cm³/mol. The van der Waals surface area contributed by atoms with Crippen molar-refractivity contribution >= 4 is 27.5 Å². The van der Waals surface area contributed by atoms with Gasteiger partial charge in [0.2, 0.25) is 0 Å². The molecule has 0 unspecified atom stereocenters. The molecule has 0 atom stereocenters. The average molecular weight is 389 g/mol. The van der Waals surface area contributed by atoms with Gasteiger partial charge in [-0.1, -0.05) is 59.6 Å². The van der Waals surface area contributed by atoms with Gasteiger partial charge < -0.3 is 4.74 Å². The second-order valence-corrected chi connectivity index (χ2v) is 6.22. The highest BCUT2D eigenvalue weighted by Crippen LogP contribution is 2.15. The summed E-state index contributed by atoms with van der Waals surface area (Å²) in [5, 5.41) is 4.29. The van der Waals surface area contributed by atoms with Crippen molar-refractivity contribution in [1.82, 2.24) is 5.43 Å². The fourth-order valence-corrected chi connectivity index (χ4v) is 2.35. The number of ether oxygens (including phenoxy) is 1. The number of benzene rings is 2. The Labute approximate surface area is 151 Å². The molecule has 2 aromatic rings. The maximum atomic E-state index is 11.9. The first kappa shape index (κ1) is 18.2. The first-order valence-electron chi connectivity index (χ1n) is 7.98. The maximum absolute atomic E-state index is 11.9. The van der Waals surface area contributed by atoms with Gasteiger partial charge in [0.15, 0.2) is 6.61 Å². The molecule has 2 aromatic carbocycles. The lowest BCUT2D eigenvalue weighted by Gasteiger charge is -2.08. The Morgan fingerprint density at radius 3 is 2.50 bits per heavy atom. The third-order valence-electron chi connectivity index (χ3n) is 3.37. The molecule has 0 aromatic heterocycles. The van der Waals surface area contributed by atoms with Crippen molar-refractivity contribution in [3.8, 4) is 5.75 Å². The number of amides is 1. The van der Waals surface area contributed by atoms with Gasteiger partial charge in [-0.2, -0.15) is 5.10 Å². The van der Waals surface area contributed by atoms with Gasteiger partial charge in [0, 0.05) is 4.47 Å². The minimum absolute atomic E-state index is 0.0685. The van der Waals surface area contributed by atoms with Crippen LogP contribution in [-0.2, 0) is 4.79 Å². The molecule has 5 heteroatoms. The summed E-state index contributed by atoms with van der Waals surface area (Å²) in [6, 6.07) is 17.2. The lowest BCUT2D eigenvalue weighted by molar-refractivity contribution is -0.123. The number of nitrogens with zero attached hydrogens (tertiary/aromatic N) is 1. The van der Waals surface area contributed by atoms with Crippen LogP contribution >= 0.6 is 15.9 Å². The molecular formula is C19H21BrN2O2. The molecule has 0 radical (unpaired) electrons. The highest BCUT2D eigenvalue weighted by Gasteiger charge is 2.06. The average Bonchev–Trinajstić information content (AvgIpc) is 2.62. The number of nitrogens with one attached hydrogen (secondary N) is 1. The molecule has 126 valence electrons. The van der Waals surface area contributed by atoms with E-state index in [9.17, 15) is 4.79 Å². The number of hydrazone groups is 1. The van der Waals surface area contributed by atoms with Crippen molar-refractivity contribution in [2.24, 2.45) is 5.10 Å². The summed E-state index contributed by atoms with van der Waals surface area (Å²) < 4.78 is 6.40.